The largest absolute Gasteiger partial charge is 0.484 e. The summed E-state index contributed by atoms with van der Waals surface area (Å²) in [7, 11) is 8.40. The Balaban J connectivity index is 0.000000175. The van der Waals surface area contributed by atoms with Gasteiger partial charge in [-0.3, -0.25) is 0 Å². The van der Waals surface area contributed by atoms with Crippen LogP contribution >= 0.6 is 22.7 Å². The summed E-state index contributed by atoms with van der Waals surface area (Å²) in [6, 6.07) is 37.8. The van der Waals surface area contributed by atoms with Crippen LogP contribution in [-0.2, 0) is 0 Å². The molecule has 44 heavy (non-hydrogen) atoms. The van der Waals surface area contributed by atoms with E-state index in [0.29, 0.717) is 0 Å². The van der Waals surface area contributed by atoms with Gasteiger partial charge in [-0.2, -0.15) is 0 Å². The van der Waals surface area contributed by atoms with Gasteiger partial charge in [-0.25, -0.2) is 0 Å². The van der Waals surface area contributed by atoms with Crippen molar-refractivity contribution in [3.8, 4) is 11.5 Å². The summed E-state index contributed by atoms with van der Waals surface area (Å²) in [6.07, 6.45) is 2.18. The van der Waals surface area contributed by atoms with Crippen molar-refractivity contribution in [1.29, 1.82) is 0 Å². The molecule has 0 saturated heterocycles. The van der Waals surface area contributed by atoms with Crippen molar-refractivity contribution < 1.29 is 9.47 Å². The molecule has 0 aliphatic heterocycles. The van der Waals surface area contributed by atoms with E-state index in [0.717, 1.165) is 37.4 Å². The SMILES string of the molecule is CN(C)CCC(Oc1cccc2ccccc12)c1cccs1.CN(C)CC[C@H](Oc1cccc2ccccc12)c1cccs1. The number of hydrogen-bond donors (Lipinski definition) is 0. The Morgan fingerprint density at radius 2 is 0.909 bits per heavy atom. The molecular weight excluding hydrogens is 581 g/mol. The van der Waals surface area contributed by atoms with Crippen molar-refractivity contribution in [2.75, 3.05) is 41.3 Å². The average Bonchev–Trinajstić information content (AvgIpc) is 3.77. The molecule has 0 saturated carbocycles. The highest BCUT2D eigenvalue weighted by atomic mass is 32.1. The number of rotatable bonds is 12. The van der Waals surface area contributed by atoms with Gasteiger partial charge in [0.2, 0.25) is 0 Å². The van der Waals surface area contributed by atoms with E-state index in [1.165, 1.54) is 31.3 Å². The van der Waals surface area contributed by atoms with E-state index < -0.39 is 0 Å². The first-order valence-electron chi connectivity index (χ1n) is 15.1. The average molecular weight is 623 g/mol. The number of benzene rings is 4. The maximum Gasteiger partial charge on any atom is 0.134 e. The van der Waals surface area contributed by atoms with Crippen LogP contribution in [0, 0.1) is 0 Å². The summed E-state index contributed by atoms with van der Waals surface area (Å²) >= 11 is 3.53. The fourth-order valence-electron chi connectivity index (χ4n) is 5.12. The molecule has 0 aliphatic carbocycles. The minimum absolute atomic E-state index is 0.105. The summed E-state index contributed by atoms with van der Waals surface area (Å²) in [5, 5.41) is 9.03. The molecule has 0 amide bonds. The lowest BCUT2D eigenvalue weighted by Crippen LogP contribution is -2.18. The molecule has 2 atom stereocenters. The van der Waals surface area contributed by atoms with Crippen molar-refractivity contribution in [3.63, 3.8) is 0 Å². The maximum atomic E-state index is 6.41. The van der Waals surface area contributed by atoms with E-state index in [1.807, 2.05) is 0 Å². The third kappa shape index (κ3) is 8.70. The van der Waals surface area contributed by atoms with Gasteiger partial charge >= 0.3 is 0 Å². The first kappa shape index (κ1) is 31.7. The number of hydrogen-bond acceptors (Lipinski definition) is 6. The minimum atomic E-state index is 0.105. The third-order valence-electron chi connectivity index (χ3n) is 7.44. The number of ether oxygens (including phenoxy) is 2. The number of fused-ring (bicyclic) bond motifs is 2. The summed E-state index contributed by atoms with van der Waals surface area (Å²) in [4.78, 5) is 6.98. The van der Waals surface area contributed by atoms with Gasteiger partial charge in [-0.15, -0.1) is 22.7 Å². The summed E-state index contributed by atoms with van der Waals surface area (Å²) in [5.74, 6) is 1.94. The minimum Gasteiger partial charge on any atom is -0.484 e. The Morgan fingerprint density at radius 1 is 0.500 bits per heavy atom. The van der Waals surface area contributed by atoms with Gasteiger partial charge in [0.05, 0.1) is 0 Å². The smallest absolute Gasteiger partial charge is 0.134 e. The zero-order chi connectivity index (χ0) is 30.7. The summed E-state index contributed by atoms with van der Waals surface area (Å²) in [6.45, 7) is 2.01. The van der Waals surface area contributed by atoms with Gasteiger partial charge in [0, 0.05) is 46.5 Å². The second-order valence-corrected chi connectivity index (χ2v) is 13.3. The van der Waals surface area contributed by atoms with Crippen molar-refractivity contribution in [3.05, 3.63) is 130 Å². The first-order valence-corrected chi connectivity index (χ1v) is 16.9. The van der Waals surface area contributed by atoms with Crippen molar-refractivity contribution in [2.45, 2.75) is 25.0 Å². The second kappa shape index (κ2) is 15.9. The van der Waals surface area contributed by atoms with E-state index in [9.17, 15) is 0 Å². The van der Waals surface area contributed by atoms with Crippen molar-refractivity contribution >= 4 is 44.2 Å². The topological polar surface area (TPSA) is 24.9 Å². The molecule has 0 fully saturated rings. The Kier molecular flexibility index (Phi) is 11.4. The van der Waals surface area contributed by atoms with Crippen molar-refractivity contribution in [2.24, 2.45) is 0 Å². The molecule has 0 aliphatic rings. The van der Waals surface area contributed by atoms with E-state index in [2.05, 4.69) is 158 Å². The van der Waals surface area contributed by atoms with Crippen LogP contribution in [0.15, 0.2) is 120 Å². The Morgan fingerprint density at radius 3 is 1.30 bits per heavy atom. The Hall–Kier alpha value is -3.68. The normalized spacial score (nSPS) is 12.7. The molecule has 0 spiro atoms. The van der Waals surface area contributed by atoms with Crippen LogP contribution in [0.2, 0.25) is 0 Å². The molecule has 2 heterocycles. The molecule has 6 rings (SSSR count). The monoisotopic (exact) mass is 622 g/mol. The molecule has 6 aromatic rings. The Bertz CT molecular complexity index is 1560. The summed E-state index contributed by atoms with van der Waals surface area (Å²) < 4.78 is 12.8. The van der Waals surface area contributed by atoms with E-state index in [-0.39, 0.29) is 12.2 Å². The summed E-state index contributed by atoms with van der Waals surface area (Å²) in [5.41, 5.74) is 0. The third-order valence-corrected chi connectivity index (χ3v) is 9.36. The number of nitrogens with zero attached hydrogens (tertiary/aromatic N) is 2. The fraction of sp³-hybridized carbons (Fsp3) is 0.263. The van der Waals surface area contributed by atoms with Crippen LogP contribution in [-0.4, -0.2) is 51.1 Å². The predicted molar refractivity (Wildman–Crippen MR) is 190 cm³/mol. The van der Waals surface area contributed by atoms with Crippen LogP contribution in [0.5, 0.6) is 11.5 Å². The van der Waals surface area contributed by atoms with E-state index in [1.54, 1.807) is 22.7 Å². The van der Waals surface area contributed by atoms with Crippen LogP contribution in [0.1, 0.15) is 34.8 Å². The van der Waals surface area contributed by atoms with Crippen molar-refractivity contribution in [1.82, 2.24) is 9.80 Å². The second-order valence-electron chi connectivity index (χ2n) is 11.4. The lowest BCUT2D eigenvalue weighted by Gasteiger charge is -2.21. The van der Waals surface area contributed by atoms with Crippen LogP contribution in [0.3, 0.4) is 0 Å². The van der Waals surface area contributed by atoms with E-state index in [4.69, 9.17) is 9.47 Å². The molecule has 4 aromatic carbocycles. The maximum absolute atomic E-state index is 6.41. The predicted octanol–water partition coefficient (Wildman–Crippen LogP) is 9.95. The molecule has 0 bridgehead atoms. The quantitative estimate of drug-likeness (QED) is 0.136. The fourth-order valence-corrected chi connectivity index (χ4v) is 6.70. The number of thiophene rings is 2. The highest BCUT2D eigenvalue weighted by molar-refractivity contribution is 7.10. The lowest BCUT2D eigenvalue weighted by atomic mass is 10.1. The van der Waals surface area contributed by atoms with Gasteiger partial charge in [0.25, 0.3) is 0 Å². The van der Waals surface area contributed by atoms with Gasteiger partial charge in [0.1, 0.15) is 23.7 Å². The Labute approximate surface area is 270 Å². The molecule has 1 unspecified atom stereocenters. The van der Waals surface area contributed by atoms with E-state index >= 15 is 0 Å². The molecule has 6 heteroatoms. The molecule has 2 aromatic heterocycles. The van der Waals surface area contributed by atoms with Crippen LogP contribution in [0.25, 0.3) is 21.5 Å². The zero-order valence-electron chi connectivity index (χ0n) is 26.1. The zero-order valence-corrected chi connectivity index (χ0v) is 27.7. The molecule has 4 nitrogen and oxygen atoms in total. The first-order chi connectivity index (χ1) is 21.5. The molecule has 228 valence electrons. The van der Waals surface area contributed by atoms with Crippen LogP contribution < -0.4 is 9.47 Å². The standard InChI is InChI=1S/2C19H21NOS/c2*1-20(2)13-12-18(19-11-6-14-22-19)21-17-10-5-8-15-7-3-4-9-16(15)17/h2*3-11,14,18H,12-13H2,1-2H3/t18-;/m0./s1. The van der Waals surface area contributed by atoms with Gasteiger partial charge in [0.15, 0.2) is 0 Å². The molecule has 0 radical (unpaired) electrons. The van der Waals surface area contributed by atoms with Gasteiger partial charge in [-0.1, -0.05) is 84.9 Å². The highest BCUT2D eigenvalue weighted by Crippen LogP contribution is 2.34. The molecule has 0 N–H and O–H groups in total. The lowest BCUT2D eigenvalue weighted by molar-refractivity contribution is 0.185. The van der Waals surface area contributed by atoms with Crippen LogP contribution in [0.4, 0.5) is 0 Å². The van der Waals surface area contributed by atoms with Gasteiger partial charge in [-0.05, 0) is 74.0 Å². The van der Waals surface area contributed by atoms with Gasteiger partial charge < -0.3 is 19.3 Å². The molecular formula is C38H42N2O2S2. The highest BCUT2D eigenvalue weighted by Gasteiger charge is 2.17.